The number of benzene rings is 3. The lowest BCUT2D eigenvalue weighted by atomic mass is 9.92. The first-order valence-electron chi connectivity index (χ1n) is 11.0. The van der Waals surface area contributed by atoms with Gasteiger partial charge in [0.15, 0.2) is 11.5 Å². The van der Waals surface area contributed by atoms with E-state index in [9.17, 15) is 4.79 Å². The molecule has 3 aromatic carbocycles. The Morgan fingerprint density at radius 1 is 1.09 bits per heavy atom. The molecule has 8 heteroatoms. The van der Waals surface area contributed by atoms with E-state index in [1.54, 1.807) is 19.2 Å². The molecule has 0 aliphatic carbocycles. The van der Waals surface area contributed by atoms with Crippen LogP contribution in [-0.2, 0) is 6.42 Å². The zero-order chi connectivity index (χ0) is 23.2. The van der Waals surface area contributed by atoms with Gasteiger partial charge < -0.3 is 29.4 Å². The highest BCUT2D eigenvalue weighted by molar-refractivity contribution is 6.31. The summed E-state index contributed by atoms with van der Waals surface area (Å²) in [6.45, 7) is 0.741. The lowest BCUT2D eigenvalue weighted by Gasteiger charge is -2.36. The van der Waals surface area contributed by atoms with Gasteiger partial charge in [-0.25, -0.2) is 4.79 Å². The normalized spacial score (nSPS) is 16.4. The van der Waals surface area contributed by atoms with Crippen LogP contribution in [0.25, 0.3) is 10.9 Å². The molecule has 34 heavy (non-hydrogen) atoms. The van der Waals surface area contributed by atoms with Gasteiger partial charge in [0, 0.05) is 39.9 Å². The predicted molar refractivity (Wildman–Crippen MR) is 130 cm³/mol. The van der Waals surface area contributed by atoms with Crippen LogP contribution in [0.15, 0.2) is 60.7 Å². The molecule has 0 saturated carbocycles. The maximum Gasteiger partial charge on any atom is 0.322 e. The number of ether oxygens (including phenoxy) is 3. The number of urea groups is 1. The number of carbonyl (C=O) groups excluding carboxylic acids is 1. The van der Waals surface area contributed by atoms with Crippen molar-refractivity contribution in [3.63, 3.8) is 0 Å². The molecule has 6 rings (SSSR count). The fourth-order valence-electron chi connectivity index (χ4n) is 4.78. The third kappa shape index (κ3) is 3.49. The van der Waals surface area contributed by atoms with E-state index in [-0.39, 0.29) is 18.9 Å². The zero-order valence-electron chi connectivity index (χ0n) is 18.4. The van der Waals surface area contributed by atoms with Gasteiger partial charge in [-0.15, -0.1) is 0 Å². The van der Waals surface area contributed by atoms with Gasteiger partial charge in [0.25, 0.3) is 0 Å². The zero-order valence-corrected chi connectivity index (χ0v) is 19.2. The molecular weight excluding hydrogens is 454 g/mol. The molecule has 0 spiro atoms. The SMILES string of the molecule is COc1ccc(C2c3[nH]c4ccc(Cl)cc4c3CCN2C(=O)Nc2ccc3c(c2)OCO3)cc1. The molecule has 4 aromatic rings. The molecule has 0 radical (unpaired) electrons. The maximum absolute atomic E-state index is 13.5. The number of hydrogen-bond donors (Lipinski definition) is 2. The molecule has 172 valence electrons. The second-order valence-corrected chi connectivity index (χ2v) is 8.76. The first-order valence-corrected chi connectivity index (χ1v) is 11.4. The summed E-state index contributed by atoms with van der Waals surface area (Å²) in [5, 5.41) is 4.82. The van der Waals surface area contributed by atoms with Crippen molar-refractivity contribution in [2.75, 3.05) is 25.8 Å². The van der Waals surface area contributed by atoms with E-state index in [2.05, 4.69) is 10.3 Å². The Balaban J connectivity index is 1.39. The lowest BCUT2D eigenvalue weighted by molar-refractivity contribution is 0.174. The van der Waals surface area contributed by atoms with Crippen molar-refractivity contribution >= 4 is 34.2 Å². The number of anilines is 1. The molecule has 2 aliphatic rings. The summed E-state index contributed by atoms with van der Waals surface area (Å²) in [4.78, 5) is 18.9. The molecule has 0 bridgehead atoms. The average molecular weight is 476 g/mol. The number of amides is 2. The summed E-state index contributed by atoms with van der Waals surface area (Å²) < 4.78 is 16.2. The van der Waals surface area contributed by atoms with Crippen molar-refractivity contribution in [3.05, 3.63) is 82.5 Å². The number of carbonyl (C=O) groups is 1. The molecule has 1 atom stereocenters. The van der Waals surface area contributed by atoms with Gasteiger partial charge in [-0.05, 0) is 60.0 Å². The van der Waals surface area contributed by atoms with Crippen molar-refractivity contribution in [1.82, 2.24) is 9.88 Å². The highest BCUT2D eigenvalue weighted by atomic mass is 35.5. The number of halogens is 1. The topological polar surface area (TPSA) is 75.8 Å². The standard InChI is InChI=1S/C26H22ClN3O4/c1-32-18-6-2-15(3-7-18)25-24-19(20-12-16(27)4-8-21(20)29-24)10-11-30(25)26(31)28-17-5-9-22-23(13-17)34-14-33-22/h2-9,12-13,25,29H,10-11,14H2,1H3,(H,28,31). The van der Waals surface area contributed by atoms with Crippen molar-refractivity contribution in [2.45, 2.75) is 12.5 Å². The Kier molecular flexibility index (Phi) is 4.99. The largest absolute Gasteiger partial charge is 0.497 e. The Labute approximate surface area is 201 Å². The van der Waals surface area contributed by atoms with Crippen LogP contribution in [0.3, 0.4) is 0 Å². The number of rotatable bonds is 3. The Bertz CT molecular complexity index is 1400. The molecule has 0 fully saturated rings. The fraction of sp³-hybridized carbons (Fsp3) is 0.192. The quantitative estimate of drug-likeness (QED) is 0.396. The van der Waals surface area contributed by atoms with E-state index in [1.807, 2.05) is 53.4 Å². The van der Waals surface area contributed by atoms with Crippen LogP contribution in [0.5, 0.6) is 17.2 Å². The van der Waals surface area contributed by atoms with Crippen LogP contribution < -0.4 is 19.5 Å². The molecule has 1 aromatic heterocycles. The van der Waals surface area contributed by atoms with Crippen LogP contribution in [0, 0.1) is 0 Å². The van der Waals surface area contributed by atoms with Gasteiger partial charge in [-0.1, -0.05) is 23.7 Å². The van der Waals surface area contributed by atoms with Gasteiger partial charge >= 0.3 is 6.03 Å². The number of aromatic nitrogens is 1. The molecular formula is C26H22ClN3O4. The fourth-order valence-corrected chi connectivity index (χ4v) is 4.95. The molecule has 7 nitrogen and oxygen atoms in total. The maximum atomic E-state index is 13.5. The number of hydrogen-bond acceptors (Lipinski definition) is 4. The summed E-state index contributed by atoms with van der Waals surface area (Å²) >= 11 is 6.29. The third-order valence-corrected chi connectivity index (χ3v) is 6.64. The van der Waals surface area contributed by atoms with E-state index in [4.69, 9.17) is 25.8 Å². The van der Waals surface area contributed by atoms with Crippen molar-refractivity contribution < 1.29 is 19.0 Å². The number of nitrogens with zero attached hydrogens (tertiary/aromatic N) is 1. The van der Waals surface area contributed by atoms with Crippen molar-refractivity contribution in [2.24, 2.45) is 0 Å². The van der Waals surface area contributed by atoms with E-state index >= 15 is 0 Å². The van der Waals surface area contributed by atoms with E-state index in [0.29, 0.717) is 28.8 Å². The van der Waals surface area contributed by atoms with Crippen molar-refractivity contribution in [3.8, 4) is 17.2 Å². The smallest absolute Gasteiger partial charge is 0.322 e. The highest BCUT2D eigenvalue weighted by Crippen LogP contribution is 2.40. The first kappa shape index (κ1) is 20.7. The number of H-pyrrole nitrogens is 1. The van der Waals surface area contributed by atoms with Crippen LogP contribution >= 0.6 is 11.6 Å². The number of nitrogens with one attached hydrogen (secondary N) is 2. The van der Waals surface area contributed by atoms with Crippen LogP contribution in [0.1, 0.15) is 22.9 Å². The lowest BCUT2D eigenvalue weighted by Crippen LogP contribution is -2.43. The molecule has 2 amide bonds. The van der Waals surface area contributed by atoms with Crippen LogP contribution in [0.4, 0.5) is 10.5 Å². The minimum absolute atomic E-state index is 0.186. The molecule has 0 saturated heterocycles. The Morgan fingerprint density at radius 3 is 2.74 bits per heavy atom. The number of fused-ring (bicyclic) bond motifs is 4. The molecule has 2 aliphatic heterocycles. The minimum Gasteiger partial charge on any atom is -0.497 e. The summed E-state index contributed by atoms with van der Waals surface area (Å²) in [5.41, 5.74) is 4.82. The predicted octanol–water partition coefficient (Wildman–Crippen LogP) is 5.74. The summed E-state index contributed by atoms with van der Waals surface area (Å²) in [7, 11) is 1.64. The van der Waals surface area contributed by atoms with E-state index < -0.39 is 0 Å². The van der Waals surface area contributed by atoms with Crippen LogP contribution in [0.2, 0.25) is 5.02 Å². The summed E-state index contributed by atoms with van der Waals surface area (Å²) in [6, 6.07) is 18.6. The Morgan fingerprint density at radius 2 is 1.91 bits per heavy atom. The van der Waals surface area contributed by atoms with Crippen molar-refractivity contribution in [1.29, 1.82) is 0 Å². The van der Waals surface area contributed by atoms with Gasteiger partial charge in [0.2, 0.25) is 6.79 Å². The summed E-state index contributed by atoms with van der Waals surface area (Å²) in [6.07, 6.45) is 0.719. The van der Waals surface area contributed by atoms with E-state index in [1.165, 1.54) is 5.56 Å². The van der Waals surface area contributed by atoms with E-state index in [0.717, 1.165) is 34.3 Å². The first-order chi connectivity index (χ1) is 16.6. The van der Waals surface area contributed by atoms with Gasteiger partial charge in [-0.2, -0.15) is 0 Å². The number of aromatic amines is 1. The Hall–Kier alpha value is -3.84. The van der Waals surface area contributed by atoms with Gasteiger partial charge in [-0.3, -0.25) is 0 Å². The molecule has 3 heterocycles. The monoisotopic (exact) mass is 475 g/mol. The average Bonchev–Trinajstić information content (AvgIpc) is 3.47. The van der Waals surface area contributed by atoms with Gasteiger partial charge in [0.05, 0.1) is 13.2 Å². The third-order valence-electron chi connectivity index (χ3n) is 6.41. The number of methoxy groups -OCH3 is 1. The second-order valence-electron chi connectivity index (χ2n) is 8.32. The summed E-state index contributed by atoms with van der Waals surface area (Å²) in [5.74, 6) is 2.06. The minimum atomic E-state index is -0.296. The van der Waals surface area contributed by atoms with Crippen LogP contribution in [-0.4, -0.2) is 36.4 Å². The molecule has 2 N–H and O–H groups in total. The van der Waals surface area contributed by atoms with Gasteiger partial charge in [0.1, 0.15) is 5.75 Å². The highest BCUT2D eigenvalue weighted by Gasteiger charge is 2.35. The molecule has 1 unspecified atom stereocenters. The second kappa shape index (κ2) is 8.18.